The van der Waals surface area contributed by atoms with Crippen molar-refractivity contribution < 1.29 is 9.53 Å². The number of rotatable bonds is 4. The number of carbonyl (C=O) groups is 1. The number of H-pyrrole nitrogens is 1. The van der Waals surface area contributed by atoms with Crippen LogP contribution in [0.15, 0.2) is 41.3 Å². The number of amides is 1. The van der Waals surface area contributed by atoms with E-state index in [0.717, 1.165) is 31.2 Å². The molecule has 7 nitrogen and oxygen atoms in total. The van der Waals surface area contributed by atoms with Gasteiger partial charge < -0.3 is 15.0 Å². The molecule has 2 aromatic heterocycles. The number of hydrogen-bond donors (Lipinski definition) is 2. The molecular weight excluding hydrogens is 344 g/mol. The number of methoxy groups -OCH3 is 1. The number of anilines is 1. The van der Waals surface area contributed by atoms with Gasteiger partial charge in [0.25, 0.3) is 5.91 Å². The minimum Gasteiger partial charge on any atom is -0.481 e. The maximum atomic E-state index is 12.5. The minimum atomic E-state index is -0.255. The van der Waals surface area contributed by atoms with Crippen LogP contribution < -0.4 is 15.7 Å². The van der Waals surface area contributed by atoms with Gasteiger partial charge in [0.2, 0.25) is 5.88 Å². The Morgan fingerprint density at radius 1 is 1.22 bits per heavy atom. The molecule has 1 aliphatic carbocycles. The number of pyridine rings is 1. The molecule has 0 radical (unpaired) electrons. The molecule has 4 rings (SSSR count). The summed E-state index contributed by atoms with van der Waals surface area (Å²) in [6, 6.07) is 8.97. The topological polar surface area (TPSA) is 89.0 Å². The van der Waals surface area contributed by atoms with Gasteiger partial charge in [-0.2, -0.15) is 0 Å². The molecule has 27 heavy (non-hydrogen) atoms. The van der Waals surface area contributed by atoms with Gasteiger partial charge in [-0.15, -0.1) is 0 Å². The summed E-state index contributed by atoms with van der Waals surface area (Å²) in [6.45, 7) is 0. The van der Waals surface area contributed by atoms with Crippen LogP contribution in [0.3, 0.4) is 0 Å². The molecule has 3 aromatic rings. The normalized spacial score (nSPS) is 15.0. The number of imidazole rings is 1. The third-order valence-corrected chi connectivity index (χ3v) is 5.12. The molecule has 1 fully saturated rings. The van der Waals surface area contributed by atoms with Crippen molar-refractivity contribution in [2.45, 2.75) is 38.1 Å². The van der Waals surface area contributed by atoms with Crippen molar-refractivity contribution >= 4 is 22.6 Å². The highest BCUT2D eigenvalue weighted by atomic mass is 16.5. The van der Waals surface area contributed by atoms with Crippen molar-refractivity contribution in [3.63, 3.8) is 0 Å². The Labute approximate surface area is 156 Å². The van der Waals surface area contributed by atoms with E-state index in [9.17, 15) is 9.59 Å². The maximum absolute atomic E-state index is 12.5. The number of benzene rings is 1. The third kappa shape index (κ3) is 3.45. The van der Waals surface area contributed by atoms with Gasteiger partial charge in [0, 0.05) is 17.7 Å². The molecule has 1 aliphatic rings. The van der Waals surface area contributed by atoms with Gasteiger partial charge in [-0.05, 0) is 37.1 Å². The van der Waals surface area contributed by atoms with Crippen LogP contribution in [0.1, 0.15) is 48.5 Å². The highest BCUT2D eigenvalue weighted by Crippen LogP contribution is 2.29. The summed E-state index contributed by atoms with van der Waals surface area (Å²) in [7, 11) is 1.54. The second-order valence-corrected chi connectivity index (χ2v) is 6.87. The molecule has 2 heterocycles. The second-order valence-electron chi connectivity index (χ2n) is 6.87. The summed E-state index contributed by atoms with van der Waals surface area (Å²) in [6.07, 6.45) is 7.13. The number of nitrogens with one attached hydrogen (secondary N) is 2. The lowest BCUT2D eigenvalue weighted by Crippen LogP contribution is -2.23. The second kappa shape index (κ2) is 7.26. The van der Waals surface area contributed by atoms with Crippen LogP contribution in [0.25, 0.3) is 11.0 Å². The fourth-order valence-corrected chi connectivity index (χ4v) is 3.75. The molecule has 0 saturated heterocycles. The number of aromatic amines is 1. The average Bonchev–Trinajstić information content (AvgIpc) is 3.04. The van der Waals surface area contributed by atoms with Crippen LogP contribution in [0, 0.1) is 0 Å². The summed E-state index contributed by atoms with van der Waals surface area (Å²) in [4.78, 5) is 32.0. The number of fused-ring (bicyclic) bond motifs is 1. The molecule has 2 N–H and O–H groups in total. The van der Waals surface area contributed by atoms with Crippen molar-refractivity contribution in [2.75, 3.05) is 12.4 Å². The largest absolute Gasteiger partial charge is 0.481 e. The Morgan fingerprint density at radius 3 is 2.74 bits per heavy atom. The fraction of sp³-hybridized carbons (Fsp3) is 0.350. The maximum Gasteiger partial charge on any atom is 0.326 e. The molecule has 0 spiro atoms. The van der Waals surface area contributed by atoms with E-state index in [0.29, 0.717) is 22.6 Å². The number of hydrogen-bond acceptors (Lipinski definition) is 4. The predicted molar refractivity (Wildman–Crippen MR) is 103 cm³/mol. The van der Waals surface area contributed by atoms with Gasteiger partial charge in [0.1, 0.15) is 0 Å². The van der Waals surface area contributed by atoms with Gasteiger partial charge in [-0.3, -0.25) is 9.36 Å². The van der Waals surface area contributed by atoms with E-state index in [-0.39, 0.29) is 17.6 Å². The zero-order chi connectivity index (χ0) is 18.8. The molecule has 7 heteroatoms. The first-order chi connectivity index (χ1) is 13.2. The lowest BCUT2D eigenvalue weighted by molar-refractivity contribution is 0.102. The van der Waals surface area contributed by atoms with Crippen molar-refractivity contribution in [3.8, 4) is 5.88 Å². The first-order valence-corrected chi connectivity index (χ1v) is 9.21. The Morgan fingerprint density at radius 2 is 2.04 bits per heavy atom. The third-order valence-electron chi connectivity index (χ3n) is 5.12. The van der Waals surface area contributed by atoms with Gasteiger partial charge in [-0.1, -0.05) is 19.3 Å². The number of ether oxygens (including phenoxy) is 1. The van der Waals surface area contributed by atoms with Crippen LogP contribution in [0.4, 0.5) is 5.69 Å². The van der Waals surface area contributed by atoms with Crippen molar-refractivity contribution in [3.05, 3.63) is 52.6 Å². The monoisotopic (exact) mass is 366 g/mol. The summed E-state index contributed by atoms with van der Waals surface area (Å²) in [5.41, 5.74) is 2.50. The minimum absolute atomic E-state index is 0.103. The van der Waals surface area contributed by atoms with Crippen molar-refractivity contribution in [1.82, 2.24) is 14.5 Å². The lowest BCUT2D eigenvalue weighted by atomic mass is 9.95. The molecule has 0 aliphatic heterocycles. The van der Waals surface area contributed by atoms with E-state index in [4.69, 9.17) is 4.74 Å². The summed E-state index contributed by atoms with van der Waals surface area (Å²) >= 11 is 0. The SMILES string of the molecule is COc1ccc(NC(=O)c2ccc3c(c2)[nH]c(=O)n3C2CCCCC2)cn1. The zero-order valence-electron chi connectivity index (χ0n) is 15.2. The van der Waals surface area contributed by atoms with E-state index in [1.54, 1.807) is 24.3 Å². The van der Waals surface area contributed by atoms with E-state index < -0.39 is 0 Å². The van der Waals surface area contributed by atoms with E-state index in [1.807, 2.05) is 10.6 Å². The van der Waals surface area contributed by atoms with E-state index in [1.165, 1.54) is 19.7 Å². The summed E-state index contributed by atoms with van der Waals surface area (Å²) in [5.74, 6) is 0.228. The van der Waals surface area contributed by atoms with E-state index in [2.05, 4.69) is 15.3 Å². The summed E-state index contributed by atoms with van der Waals surface area (Å²) in [5, 5.41) is 2.80. The number of nitrogens with zero attached hydrogens (tertiary/aromatic N) is 2. The van der Waals surface area contributed by atoms with E-state index >= 15 is 0 Å². The summed E-state index contributed by atoms with van der Waals surface area (Å²) < 4.78 is 6.86. The van der Waals surface area contributed by atoms with Gasteiger partial charge in [0.05, 0.1) is 30.0 Å². The quantitative estimate of drug-likeness (QED) is 0.740. The predicted octanol–water partition coefficient (Wildman–Crippen LogP) is 3.49. The van der Waals surface area contributed by atoms with Gasteiger partial charge in [0.15, 0.2) is 0 Å². The highest BCUT2D eigenvalue weighted by molar-refractivity contribution is 6.05. The van der Waals surface area contributed by atoms with Gasteiger partial charge >= 0.3 is 5.69 Å². The molecule has 1 saturated carbocycles. The van der Waals surface area contributed by atoms with Crippen LogP contribution in [-0.4, -0.2) is 27.6 Å². The Balaban J connectivity index is 1.59. The van der Waals surface area contributed by atoms with Crippen LogP contribution >= 0.6 is 0 Å². The molecule has 0 bridgehead atoms. The molecular formula is C20H22N4O3. The number of carbonyl (C=O) groups excluding carboxylic acids is 1. The van der Waals surface area contributed by atoms with Crippen molar-refractivity contribution in [2.24, 2.45) is 0 Å². The molecule has 140 valence electrons. The van der Waals surface area contributed by atoms with Gasteiger partial charge in [-0.25, -0.2) is 9.78 Å². The molecule has 0 unspecified atom stereocenters. The fourth-order valence-electron chi connectivity index (χ4n) is 3.75. The Bertz CT molecular complexity index is 1010. The first kappa shape index (κ1) is 17.3. The lowest BCUT2D eigenvalue weighted by Gasteiger charge is -2.22. The first-order valence-electron chi connectivity index (χ1n) is 9.21. The molecule has 0 atom stereocenters. The van der Waals surface area contributed by atoms with Crippen molar-refractivity contribution in [1.29, 1.82) is 0 Å². The number of aromatic nitrogens is 3. The Hall–Kier alpha value is -3.09. The molecule has 1 aromatic carbocycles. The van der Waals surface area contributed by atoms with Crippen LogP contribution in [-0.2, 0) is 0 Å². The van der Waals surface area contributed by atoms with Crippen LogP contribution in [0.5, 0.6) is 5.88 Å². The van der Waals surface area contributed by atoms with Crippen LogP contribution in [0.2, 0.25) is 0 Å². The Kier molecular flexibility index (Phi) is 4.66. The molecule has 1 amide bonds. The zero-order valence-corrected chi connectivity index (χ0v) is 15.2. The highest BCUT2D eigenvalue weighted by Gasteiger charge is 2.20. The average molecular weight is 366 g/mol. The smallest absolute Gasteiger partial charge is 0.326 e. The standard InChI is InChI=1S/C20H22N4O3/c1-27-18-10-8-14(12-21-18)22-19(25)13-7-9-17-16(11-13)23-20(26)24(17)15-5-3-2-4-6-15/h7-12,15H,2-6H2,1H3,(H,22,25)(H,23,26).